The number of H-pyrrole nitrogens is 1. The van der Waals surface area contributed by atoms with Gasteiger partial charge in [0.2, 0.25) is 5.91 Å². The van der Waals surface area contributed by atoms with Crippen molar-refractivity contribution >= 4 is 16.8 Å². The fourth-order valence-corrected chi connectivity index (χ4v) is 3.34. The highest BCUT2D eigenvalue weighted by Gasteiger charge is 2.35. The summed E-state index contributed by atoms with van der Waals surface area (Å²) in [6, 6.07) is 4.56. The third-order valence-corrected chi connectivity index (χ3v) is 4.26. The van der Waals surface area contributed by atoms with Crippen LogP contribution < -0.4 is 0 Å². The van der Waals surface area contributed by atoms with Crippen LogP contribution in [-0.2, 0) is 20.7 Å². The van der Waals surface area contributed by atoms with E-state index in [9.17, 15) is 9.18 Å². The maximum Gasteiger partial charge on any atom is 0.227 e. The van der Waals surface area contributed by atoms with Crippen LogP contribution in [0.5, 0.6) is 0 Å². The quantitative estimate of drug-likeness (QED) is 0.935. The molecule has 0 saturated carbocycles. The van der Waals surface area contributed by atoms with Crippen molar-refractivity contribution < 1.29 is 18.7 Å². The fourth-order valence-electron chi connectivity index (χ4n) is 3.34. The highest BCUT2D eigenvalue weighted by atomic mass is 19.1. The minimum atomic E-state index is -0.402. The molecule has 1 aromatic heterocycles. The van der Waals surface area contributed by atoms with E-state index in [1.54, 1.807) is 19.4 Å². The van der Waals surface area contributed by atoms with Gasteiger partial charge in [-0.15, -0.1) is 0 Å². The first kappa shape index (κ1) is 16.9. The number of nitrogens with zero attached hydrogens (tertiary/aromatic N) is 1. The molecule has 3 rings (SSSR count). The number of amides is 1. The minimum absolute atomic E-state index is 0.0395. The van der Waals surface area contributed by atoms with Crippen molar-refractivity contribution in [1.82, 2.24) is 9.88 Å². The van der Waals surface area contributed by atoms with Gasteiger partial charge in [0.1, 0.15) is 5.82 Å². The third-order valence-electron chi connectivity index (χ3n) is 4.26. The molecule has 1 aliphatic rings. The molecule has 0 unspecified atom stereocenters. The lowest BCUT2D eigenvalue weighted by molar-refractivity contribution is -0.168. The zero-order chi connectivity index (χ0) is 17.3. The Hall–Kier alpha value is -1.92. The first-order valence-corrected chi connectivity index (χ1v) is 8.08. The highest BCUT2D eigenvalue weighted by molar-refractivity contribution is 5.89. The smallest absolute Gasteiger partial charge is 0.227 e. The van der Waals surface area contributed by atoms with Crippen LogP contribution in [0.2, 0.25) is 0 Å². The number of carbonyl (C=O) groups is 1. The molecule has 24 heavy (non-hydrogen) atoms. The summed E-state index contributed by atoms with van der Waals surface area (Å²) in [5.74, 6) is -0.253. The second-order valence-electron chi connectivity index (χ2n) is 6.91. The lowest BCUT2D eigenvalue weighted by atomic mass is 10.0. The Morgan fingerprint density at radius 2 is 2.29 bits per heavy atom. The summed E-state index contributed by atoms with van der Waals surface area (Å²) in [6.45, 7) is 5.48. The van der Waals surface area contributed by atoms with E-state index in [0.29, 0.717) is 25.2 Å². The highest BCUT2D eigenvalue weighted by Crippen LogP contribution is 2.24. The number of benzene rings is 1. The number of nitrogens with one attached hydrogen (secondary N) is 1. The lowest BCUT2D eigenvalue weighted by Crippen LogP contribution is -2.56. The van der Waals surface area contributed by atoms with E-state index >= 15 is 0 Å². The van der Waals surface area contributed by atoms with Crippen LogP contribution >= 0.6 is 0 Å². The number of hydrogen-bond donors (Lipinski definition) is 1. The lowest BCUT2D eigenvalue weighted by Gasteiger charge is -2.42. The topological polar surface area (TPSA) is 54.6 Å². The molecule has 2 heterocycles. The van der Waals surface area contributed by atoms with Crippen molar-refractivity contribution in [2.45, 2.75) is 32.0 Å². The van der Waals surface area contributed by atoms with E-state index in [2.05, 4.69) is 4.98 Å². The molecule has 1 amide bonds. The summed E-state index contributed by atoms with van der Waals surface area (Å²) in [4.78, 5) is 17.6. The van der Waals surface area contributed by atoms with Crippen LogP contribution in [0.15, 0.2) is 24.4 Å². The Labute approximate surface area is 140 Å². The molecule has 130 valence electrons. The molecule has 0 radical (unpaired) electrons. The molecule has 1 fully saturated rings. The molecule has 6 heteroatoms. The van der Waals surface area contributed by atoms with Gasteiger partial charge in [0.15, 0.2) is 0 Å². The number of halogens is 1. The van der Waals surface area contributed by atoms with Gasteiger partial charge in [-0.3, -0.25) is 4.79 Å². The Morgan fingerprint density at radius 1 is 1.50 bits per heavy atom. The maximum atomic E-state index is 13.3. The normalized spacial score (nSPS) is 20.5. The summed E-state index contributed by atoms with van der Waals surface area (Å²) < 4.78 is 24.4. The number of hydrogen-bond acceptors (Lipinski definition) is 3. The van der Waals surface area contributed by atoms with Crippen LogP contribution in [0.1, 0.15) is 19.4 Å². The van der Waals surface area contributed by atoms with E-state index in [1.165, 1.54) is 12.1 Å². The molecular formula is C18H23FN2O3. The van der Waals surface area contributed by atoms with Crippen molar-refractivity contribution in [1.29, 1.82) is 0 Å². The van der Waals surface area contributed by atoms with Crippen molar-refractivity contribution in [3.05, 3.63) is 35.8 Å². The fraction of sp³-hybridized carbons (Fsp3) is 0.500. The van der Waals surface area contributed by atoms with E-state index in [1.807, 2.05) is 18.7 Å². The predicted molar refractivity (Wildman–Crippen MR) is 89.4 cm³/mol. The Kier molecular flexibility index (Phi) is 4.60. The van der Waals surface area contributed by atoms with Gasteiger partial charge >= 0.3 is 0 Å². The molecule has 0 aliphatic carbocycles. The summed E-state index contributed by atoms with van der Waals surface area (Å²) >= 11 is 0. The zero-order valence-corrected chi connectivity index (χ0v) is 14.3. The van der Waals surface area contributed by atoms with Gasteiger partial charge in [0.05, 0.1) is 24.7 Å². The summed E-state index contributed by atoms with van der Waals surface area (Å²) in [6.07, 6.45) is 1.93. The average molecular weight is 334 g/mol. The second kappa shape index (κ2) is 6.53. The number of carbonyl (C=O) groups excluding carboxylic acids is 1. The van der Waals surface area contributed by atoms with Crippen molar-refractivity contribution in [3.63, 3.8) is 0 Å². The van der Waals surface area contributed by atoms with Gasteiger partial charge in [-0.25, -0.2) is 4.39 Å². The number of aromatic nitrogens is 1. The molecule has 0 bridgehead atoms. The molecule has 1 N–H and O–H groups in total. The summed E-state index contributed by atoms with van der Waals surface area (Å²) in [5.41, 5.74) is 1.18. The van der Waals surface area contributed by atoms with Crippen LogP contribution in [0.3, 0.4) is 0 Å². The first-order chi connectivity index (χ1) is 11.4. The van der Waals surface area contributed by atoms with Crippen molar-refractivity contribution in [2.75, 3.05) is 26.8 Å². The van der Waals surface area contributed by atoms with Gasteiger partial charge < -0.3 is 19.4 Å². The van der Waals surface area contributed by atoms with Crippen molar-refractivity contribution in [3.8, 4) is 0 Å². The Bertz CT molecular complexity index is 741. The number of methoxy groups -OCH3 is 1. The molecule has 2 aromatic rings. The molecule has 1 atom stereocenters. The van der Waals surface area contributed by atoms with Crippen molar-refractivity contribution in [2.24, 2.45) is 0 Å². The molecule has 1 aromatic carbocycles. The largest absolute Gasteiger partial charge is 0.382 e. The summed E-state index contributed by atoms with van der Waals surface area (Å²) in [5, 5.41) is 0.880. The monoisotopic (exact) mass is 334 g/mol. The number of morpholine rings is 1. The molecular weight excluding hydrogens is 311 g/mol. The minimum Gasteiger partial charge on any atom is -0.382 e. The Balaban J connectivity index is 1.75. The van der Waals surface area contributed by atoms with Crippen LogP contribution in [0, 0.1) is 5.82 Å². The first-order valence-electron chi connectivity index (χ1n) is 8.08. The molecule has 1 aliphatic heterocycles. The van der Waals surface area contributed by atoms with Gasteiger partial charge in [-0.1, -0.05) is 0 Å². The van der Waals surface area contributed by atoms with E-state index in [0.717, 1.165) is 10.9 Å². The van der Waals surface area contributed by atoms with Gasteiger partial charge in [0.25, 0.3) is 0 Å². The molecule has 0 spiro atoms. The average Bonchev–Trinajstić information content (AvgIpc) is 2.88. The van der Waals surface area contributed by atoms with Gasteiger partial charge in [-0.2, -0.15) is 0 Å². The standard InChI is InChI=1S/C18H23FN2O3/c1-18(2)11-21(9-14(24-18)10-23-3)17(22)6-12-8-20-16-7-13(19)4-5-15(12)16/h4-5,7-8,14,20H,6,9-11H2,1-3H3/t14-/m0/s1. The molecule has 5 nitrogen and oxygen atoms in total. The number of rotatable bonds is 4. The SMILES string of the molecule is COC[C@@H]1CN(C(=O)Cc2c[nH]c3cc(F)ccc23)CC(C)(C)O1. The number of aromatic amines is 1. The van der Waals surface area contributed by atoms with Crippen LogP contribution in [0.4, 0.5) is 4.39 Å². The van der Waals surface area contributed by atoms with E-state index in [4.69, 9.17) is 9.47 Å². The van der Waals surface area contributed by atoms with E-state index < -0.39 is 5.60 Å². The zero-order valence-electron chi connectivity index (χ0n) is 14.3. The molecule has 1 saturated heterocycles. The van der Waals surface area contributed by atoms with Crippen LogP contribution in [-0.4, -0.2) is 54.3 Å². The van der Waals surface area contributed by atoms with E-state index in [-0.39, 0.29) is 24.2 Å². The number of ether oxygens (including phenoxy) is 2. The predicted octanol–water partition coefficient (Wildman–Crippen LogP) is 2.50. The van der Waals surface area contributed by atoms with Gasteiger partial charge in [-0.05, 0) is 37.6 Å². The third kappa shape index (κ3) is 3.60. The maximum absolute atomic E-state index is 13.3. The number of fused-ring (bicyclic) bond motifs is 1. The Morgan fingerprint density at radius 3 is 3.04 bits per heavy atom. The van der Waals surface area contributed by atoms with Crippen LogP contribution in [0.25, 0.3) is 10.9 Å². The van der Waals surface area contributed by atoms with Gasteiger partial charge in [0, 0.05) is 37.3 Å². The second-order valence-corrected chi connectivity index (χ2v) is 6.91. The summed E-state index contributed by atoms with van der Waals surface area (Å²) in [7, 11) is 1.63.